The van der Waals surface area contributed by atoms with Crippen LogP contribution in [0.3, 0.4) is 0 Å². The monoisotopic (exact) mass is 482 g/mol. The topological polar surface area (TPSA) is 87.7 Å². The van der Waals surface area contributed by atoms with E-state index in [0.717, 1.165) is 29.2 Å². The molecule has 2 unspecified atom stereocenters. The summed E-state index contributed by atoms with van der Waals surface area (Å²) in [6.45, 7) is 5.47. The lowest BCUT2D eigenvalue weighted by molar-refractivity contribution is -0.125. The van der Waals surface area contributed by atoms with Gasteiger partial charge >= 0.3 is 6.09 Å². The number of carbonyl (C=O) groups excluding carboxylic acids is 2. The van der Waals surface area contributed by atoms with Crippen LogP contribution in [0.1, 0.15) is 71.3 Å². The van der Waals surface area contributed by atoms with Gasteiger partial charge in [-0.15, -0.1) is 0 Å². The van der Waals surface area contributed by atoms with E-state index in [2.05, 4.69) is 34.9 Å². The molecule has 192 valence electrons. The number of ether oxygens (including phenoxy) is 1. The molecule has 0 aliphatic heterocycles. The molecular weight excluding hydrogens is 440 g/mol. The number of amides is 2. The fourth-order valence-corrected chi connectivity index (χ4v) is 5.15. The second-order valence-electron chi connectivity index (χ2n) is 11.0. The van der Waals surface area contributed by atoms with Gasteiger partial charge in [0.1, 0.15) is 5.60 Å². The Balaban J connectivity index is 1.74. The Bertz CT molecular complexity index is 978. The van der Waals surface area contributed by atoms with E-state index in [1.165, 1.54) is 19.3 Å². The standard InChI is InChI=1S/C29H42N2O4/c1-29(2,3)35-28(34)31-25(18-20-10-6-5-7-11-20)26(32)19-24(27(33)30-4)17-21-14-15-22-12-8-9-13-23(22)16-21/h8-9,12-16,20,24-26,32H,5-7,10-11,17-19H2,1-4H3,(H,30,33)(H,31,34)/t24?,25-,26?/m0/s1. The van der Waals surface area contributed by atoms with Gasteiger partial charge in [-0.05, 0) is 62.3 Å². The highest BCUT2D eigenvalue weighted by Gasteiger charge is 2.31. The Morgan fingerprint density at radius 3 is 2.40 bits per heavy atom. The van der Waals surface area contributed by atoms with Gasteiger partial charge in [-0.25, -0.2) is 4.79 Å². The molecule has 1 aliphatic carbocycles. The smallest absolute Gasteiger partial charge is 0.407 e. The summed E-state index contributed by atoms with van der Waals surface area (Å²) in [5.74, 6) is -0.0615. The van der Waals surface area contributed by atoms with E-state index >= 15 is 0 Å². The molecule has 6 heteroatoms. The third-order valence-corrected chi connectivity index (χ3v) is 6.92. The van der Waals surface area contributed by atoms with Crippen LogP contribution in [0.5, 0.6) is 0 Å². The van der Waals surface area contributed by atoms with E-state index in [1.54, 1.807) is 7.05 Å². The first-order valence-corrected chi connectivity index (χ1v) is 13.0. The number of alkyl carbamates (subject to hydrolysis) is 1. The number of nitrogens with one attached hydrogen (secondary N) is 2. The lowest BCUT2D eigenvalue weighted by Gasteiger charge is -2.32. The van der Waals surface area contributed by atoms with Crippen molar-refractivity contribution in [3.8, 4) is 0 Å². The maximum absolute atomic E-state index is 12.8. The fourth-order valence-electron chi connectivity index (χ4n) is 5.15. The molecule has 2 amide bonds. The van der Waals surface area contributed by atoms with Crippen molar-refractivity contribution in [3.63, 3.8) is 0 Å². The molecule has 3 rings (SSSR count). The van der Waals surface area contributed by atoms with Gasteiger partial charge in [0, 0.05) is 13.0 Å². The van der Waals surface area contributed by atoms with Gasteiger partial charge in [0.2, 0.25) is 5.91 Å². The van der Waals surface area contributed by atoms with Gasteiger partial charge in [0.05, 0.1) is 12.1 Å². The Morgan fingerprint density at radius 2 is 1.74 bits per heavy atom. The molecule has 35 heavy (non-hydrogen) atoms. The highest BCUT2D eigenvalue weighted by Crippen LogP contribution is 2.29. The van der Waals surface area contributed by atoms with Crippen LogP contribution in [-0.2, 0) is 16.0 Å². The van der Waals surface area contributed by atoms with Crippen molar-refractivity contribution in [2.75, 3.05) is 7.05 Å². The van der Waals surface area contributed by atoms with E-state index in [9.17, 15) is 14.7 Å². The fraction of sp³-hybridized carbons (Fsp3) is 0.586. The van der Waals surface area contributed by atoms with E-state index in [0.29, 0.717) is 18.8 Å². The first-order valence-electron chi connectivity index (χ1n) is 13.0. The SMILES string of the molecule is CNC(=O)C(Cc1ccc2ccccc2c1)CC(O)[C@H](CC1CCCCC1)NC(=O)OC(C)(C)C. The number of hydrogen-bond donors (Lipinski definition) is 3. The van der Waals surface area contributed by atoms with Crippen LogP contribution in [-0.4, -0.2) is 41.9 Å². The molecule has 1 aliphatic rings. The van der Waals surface area contributed by atoms with Crippen LogP contribution in [0.2, 0.25) is 0 Å². The minimum atomic E-state index is -0.854. The molecule has 0 saturated heterocycles. The molecule has 0 spiro atoms. The molecule has 2 aromatic carbocycles. The summed E-state index contributed by atoms with van der Waals surface area (Å²) in [6.07, 6.45) is 5.92. The lowest BCUT2D eigenvalue weighted by Crippen LogP contribution is -2.48. The molecule has 0 heterocycles. The number of benzene rings is 2. The number of fused-ring (bicyclic) bond motifs is 1. The number of rotatable bonds is 9. The maximum Gasteiger partial charge on any atom is 0.407 e. The minimum absolute atomic E-state index is 0.106. The molecule has 1 fully saturated rings. The van der Waals surface area contributed by atoms with Crippen molar-refractivity contribution < 1.29 is 19.4 Å². The second kappa shape index (κ2) is 12.4. The largest absolute Gasteiger partial charge is 0.444 e. The molecule has 0 radical (unpaired) electrons. The maximum atomic E-state index is 12.8. The van der Waals surface area contributed by atoms with Crippen molar-refractivity contribution in [2.45, 2.75) is 89.9 Å². The summed E-state index contributed by atoms with van der Waals surface area (Å²) in [6, 6.07) is 13.9. The Morgan fingerprint density at radius 1 is 1.06 bits per heavy atom. The van der Waals surface area contributed by atoms with E-state index in [4.69, 9.17) is 4.74 Å². The first-order chi connectivity index (χ1) is 16.6. The van der Waals surface area contributed by atoms with Crippen molar-refractivity contribution in [1.29, 1.82) is 0 Å². The molecular formula is C29H42N2O4. The Labute approximate surface area is 209 Å². The second-order valence-corrected chi connectivity index (χ2v) is 11.0. The quantitative estimate of drug-likeness (QED) is 0.449. The molecule has 1 saturated carbocycles. The Kier molecular flexibility index (Phi) is 9.55. The molecule has 2 aromatic rings. The van der Waals surface area contributed by atoms with Crippen molar-refractivity contribution in [1.82, 2.24) is 10.6 Å². The van der Waals surface area contributed by atoms with Crippen molar-refractivity contribution in [3.05, 3.63) is 48.0 Å². The molecule has 6 nitrogen and oxygen atoms in total. The number of aliphatic hydroxyl groups excluding tert-OH is 1. The van der Waals surface area contributed by atoms with Crippen LogP contribution in [0.15, 0.2) is 42.5 Å². The number of carbonyl (C=O) groups is 2. The lowest BCUT2D eigenvalue weighted by atomic mass is 9.82. The molecule has 3 atom stereocenters. The summed E-state index contributed by atoms with van der Waals surface area (Å²) >= 11 is 0. The van der Waals surface area contributed by atoms with E-state index in [-0.39, 0.29) is 12.3 Å². The van der Waals surface area contributed by atoms with Gasteiger partial charge in [0.15, 0.2) is 0 Å². The third kappa shape index (κ3) is 8.53. The molecule has 3 N–H and O–H groups in total. The van der Waals surface area contributed by atoms with Gasteiger partial charge in [-0.2, -0.15) is 0 Å². The average Bonchev–Trinajstić information content (AvgIpc) is 2.82. The van der Waals surface area contributed by atoms with Gasteiger partial charge in [-0.1, -0.05) is 74.6 Å². The van der Waals surface area contributed by atoms with Crippen molar-refractivity contribution in [2.24, 2.45) is 11.8 Å². The average molecular weight is 483 g/mol. The number of aliphatic hydroxyl groups is 1. The van der Waals surface area contributed by atoms with Crippen LogP contribution in [0.4, 0.5) is 4.79 Å². The number of hydrogen-bond acceptors (Lipinski definition) is 4. The van der Waals surface area contributed by atoms with E-state index in [1.807, 2.05) is 39.0 Å². The predicted molar refractivity (Wildman–Crippen MR) is 140 cm³/mol. The summed E-state index contributed by atoms with van der Waals surface area (Å²) < 4.78 is 5.48. The zero-order valence-corrected chi connectivity index (χ0v) is 21.7. The zero-order chi connectivity index (χ0) is 25.4. The summed E-state index contributed by atoms with van der Waals surface area (Å²) in [5.41, 5.74) is 0.430. The predicted octanol–water partition coefficient (Wildman–Crippen LogP) is 5.36. The molecule has 0 bridgehead atoms. The van der Waals surface area contributed by atoms with Crippen molar-refractivity contribution >= 4 is 22.8 Å². The Hall–Kier alpha value is -2.60. The van der Waals surface area contributed by atoms with E-state index < -0.39 is 29.8 Å². The van der Waals surface area contributed by atoms with Crippen LogP contribution in [0, 0.1) is 11.8 Å². The van der Waals surface area contributed by atoms with Crippen LogP contribution >= 0.6 is 0 Å². The van der Waals surface area contributed by atoms with Gasteiger partial charge in [-0.3, -0.25) is 4.79 Å². The third-order valence-electron chi connectivity index (χ3n) is 6.92. The zero-order valence-electron chi connectivity index (χ0n) is 21.7. The molecule has 0 aromatic heterocycles. The highest BCUT2D eigenvalue weighted by atomic mass is 16.6. The normalized spacial score (nSPS) is 17.4. The minimum Gasteiger partial charge on any atom is -0.444 e. The summed E-state index contributed by atoms with van der Waals surface area (Å²) in [4.78, 5) is 25.4. The summed E-state index contributed by atoms with van der Waals surface area (Å²) in [5, 5.41) is 19.3. The van der Waals surface area contributed by atoms with Crippen LogP contribution < -0.4 is 10.6 Å². The van der Waals surface area contributed by atoms with Gasteiger partial charge in [0.25, 0.3) is 0 Å². The first kappa shape index (κ1) is 27.0. The summed E-state index contributed by atoms with van der Waals surface area (Å²) in [7, 11) is 1.63. The van der Waals surface area contributed by atoms with Gasteiger partial charge < -0.3 is 20.5 Å². The van der Waals surface area contributed by atoms with Crippen LogP contribution in [0.25, 0.3) is 10.8 Å². The highest BCUT2D eigenvalue weighted by molar-refractivity contribution is 5.83.